The summed E-state index contributed by atoms with van der Waals surface area (Å²) in [7, 11) is 0. The maximum atomic E-state index is 3.62. The van der Waals surface area contributed by atoms with Gasteiger partial charge in [0.15, 0.2) is 0 Å². The average Bonchev–Trinajstić information content (AvgIpc) is 2.28. The van der Waals surface area contributed by atoms with Crippen molar-refractivity contribution in [1.29, 1.82) is 0 Å². The molecule has 1 heteroatoms. The molecule has 0 bridgehead atoms. The lowest BCUT2D eigenvalue weighted by Crippen LogP contribution is -2.23. The van der Waals surface area contributed by atoms with Crippen molar-refractivity contribution in [3.05, 3.63) is 60.9 Å². The van der Waals surface area contributed by atoms with Crippen molar-refractivity contribution in [2.75, 3.05) is 0 Å². The van der Waals surface area contributed by atoms with Crippen LogP contribution in [-0.4, -0.2) is 6.04 Å². The van der Waals surface area contributed by atoms with Crippen LogP contribution in [0.15, 0.2) is 60.9 Å². The summed E-state index contributed by atoms with van der Waals surface area (Å²) in [6, 6.07) is 0.438. The Morgan fingerprint density at radius 1 is 1.22 bits per heavy atom. The lowest BCUT2D eigenvalue weighted by Gasteiger charge is -2.15. The maximum absolute atomic E-state index is 3.62. The van der Waals surface area contributed by atoms with E-state index in [2.05, 4.69) is 37.0 Å². The molecule has 18 heavy (non-hydrogen) atoms. The summed E-state index contributed by atoms with van der Waals surface area (Å²) in [6.45, 7) is 5.76. The molecule has 0 amide bonds. The quantitative estimate of drug-likeness (QED) is 0.708. The number of rotatable bonds is 4. The largest absolute Gasteiger partial charge is 0.384 e. The van der Waals surface area contributed by atoms with E-state index in [1.165, 1.54) is 31.3 Å². The Labute approximate surface area is 112 Å². The molecule has 1 saturated carbocycles. The molecule has 0 aromatic heterocycles. The highest BCUT2D eigenvalue weighted by Gasteiger charge is 2.03. The molecule has 1 atom stereocenters. The Morgan fingerprint density at radius 3 is 2.44 bits per heavy atom. The Morgan fingerprint density at radius 2 is 1.94 bits per heavy atom. The summed E-state index contributed by atoms with van der Waals surface area (Å²) < 4.78 is 0. The van der Waals surface area contributed by atoms with Crippen LogP contribution in [0.1, 0.15) is 39.0 Å². The topological polar surface area (TPSA) is 12.0 Å². The molecule has 1 aliphatic carbocycles. The first-order valence-corrected chi connectivity index (χ1v) is 6.87. The van der Waals surface area contributed by atoms with Crippen LogP contribution in [0, 0.1) is 0 Å². The Kier molecular flexibility index (Phi) is 7.70. The molecule has 0 aromatic carbocycles. The van der Waals surface area contributed by atoms with Crippen LogP contribution in [0.25, 0.3) is 0 Å². The van der Waals surface area contributed by atoms with E-state index in [1.807, 2.05) is 24.4 Å². The summed E-state index contributed by atoms with van der Waals surface area (Å²) in [5.41, 5.74) is 1.36. The highest BCUT2D eigenvalue weighted by Crippen LogP contribution is 2.15. The van der Waals surface area contributed by atoms with Gasteiger partial charge in [0.25, 0.3) is 0 Å². The molecule has 1 unspecified atom stereocenters. The SMILES string of the molecule is C1CCC1.C=C/C=C\C=C(/C)CC1C=CC=CN1. The Bertz CT molecular complexity index is 337. The molecule has 1 fully saturated rings. The second-order valence-corrected chi connectivity index (χ2v) is 4.77. The molecule has 2 aliphatic rings. The molecule has 0 radical (unpaired) electrons. The van der Waals surface area contributed by atoms with Gasteiger partial charge in [0.1, 0.15) is 0 Å². The fourth-order valence-corrected chi connectivity index (χ4v) is 1.58. The summed E-state index contributed by atoms with van der Waals surface area (Å²) in [6.07, 6.45) is 23.1. The van der Waals surface area contributed by atoms with Crippen molar-refractivity contribution >= 4 is 0 Å². The van der Waals surface area contributed by atoms with Crippen LogP contribution in [0.4, 0.5) is 0 Å². The van der Waals surface area contributed by atoms with Gasteiger partial charge < -0.3 is 5.32 Å². The third-order valence-corrected chi connectivity index (χ3v) is 3.03. The zero-order valence-corrected chi connectivity index (χ0v) is 11.4. The van der Waals surface area contributed by atoms with Gasteiger partial charge in [-0.05, 0) is 25.6 Å². The van der Waals surface area contributed by atoms with Crippen molar-refractivity contribution < 1.29 is 0 Å². The van der Waals surface area contributed by atoms with Crippen LogP contribution in [-0.2, 0) is 0 Å². The van der Waals surface area contributed by atoms with Gasteiger partial charge >= 0.3 is 0 Å². The summed E-state index contributed by atoms with van der Waals surface area (Å²) in [4.78, 5) is 0. The summed E-state index contributed by atoms with van der Waals surface area (Å²) in [5, 5.41) is 3.29. The van der Waals surface area contributed by atoms with Crippen molar-refractivity contribution in [2.24, 2.45) is 0 Å². The van der Waals surface area contributed by atoms with Crippen LogP contribution in [0.2, 0.25) is 0 Å². The standard InChI is InChI=1S/C13H17N.C4H8/c1-3-4-5-8-12(2)11-13-9-6-7-10-14-13;1-2-4-3-1/h3-10,13-14H,1,11H2,2H3;1-4H2/b5-4-,12-8+;. The first kappa shape index (κ1) is 14.6. The molecular weight excluding hydrogens is 218 g/mol. The lowest BCUT2D eigenvalue weighted by atomic mass is 10.0. The van der Waals surface area contributed by atoms with Gasteiger partial charge in [0.2, 0.25) is 0 Å². The van der Waals surface area contributed by atoms with E-state index in [1.54, 1.807) is 6.08 Å². The van der Waals surface area contributed by atoms with E-state index < -0.39 is 0 Å². The van der Waals surface area contributed by atoms with Gasteiger partial charge in [-0.2, -0.15) is 0 Å². The fourth-order valence-electron chi connectivity index (χ4n) is 1.58. The Hall–Kier alpha value is -1.50. The lowest BCUT2D eigenvalue weighted by molar-refractivity contribution is 0.504. The highest BCUT2D eigenvalue weighted by atomic mass is 14.9. The van der Waals surface area contributed by atoms with Crippen LogP contribution < -0.4 is 5.32 Å². The second kappa shape index (κ2) is 9.52. The van der Waals surface area contributed by atoms with Crippen molar-refractivity contribution in [2.45, 2.75) is 45.1 Å². The fraction of sp³-hybridized carbons (Fsp3) is 0.412. The first-order chi connectivity index (χ1) is 8.83. The predicted molar refractivity (Wildman–Crippen MR) is 81.4 cm³/mol. The van der Waals surface area contributed by atoms with E-state index in [0.717, 1.165) is 6.42 Å². The summed E-state index contributed by atoms with van der Waals surface area (Å²) >= 11 is 0. The van der Waals surface area contributed by atoms with E-state index in [-0.39, 0.29) is 0 Å². The third-order valence-electron chi connectivity index (χ3n) is 3.03. The Balaban J connectivity index is 0.000000341. The van der Waals surface area contributed by atoms with Gasteiger partial charge in [0, 0.05) is 6.04 Å². The highest BCUT2D eigenvalue weighted by molar-refractivity contribution is 5.19. The van der Waals surface area contributed by atoms with Crippen molar-refractivity contribution in [1.82, 2.24) is 5.32 Å². The molecule has 0 saturated heterocycles. The normalized spacial score (nSPS) is 21.8. The number of nitrogens with one attached hydrogen (secondary N) is 1. The molecule has 1 N–H and O–H groups in total. The second-order valence-electron chi connectivity index (χ2n) is 4.77. The van der Waals surface area contributed by atoms with Crippen LogP contribution in [0.3, 0.4) is 0 Å². The van der Waals surface area contributed by atoms with E-state index in [4.69, 9.17) is 0 Å². The van der Waals surface area contributed by atoms with E-state index in [9.17, 15) is 0 Å². The number of allylic oxidation sites excluding steroid dienone is 6. The molecule has 0 spiro atoms. The predicted octanol–water partition coefficient (Wildman–Crippen LogP) is 4.67. The molecular formula is C17H25N. The maximum Gasteiger partial charge on any atom is 0.0479 e. The monoisotopic (exact) mass is 243 g/mol. The molecule has 1 nitrogen and oxygen atoms in total. The number of hydrogen-bond donors (Lipinski definition) is 1. The van der Waals surface area contributed by atoms with Crippen molar-refractivity contribution in [3.63, 3.8) is 0 Å². The summed E-state index contributed by atoms with van der Waals surface area (Å²) in [5.74, 6) is 0. The zero-order valence-electron chi connectivity index (χ0n) is 11.4. The van der Waals surface area contributed by atoms with Gasteiger partial charge in [-0.1, -0.05) is 74.3 Å². The minimum Gasteiger partial charge on any atom is -0.384 e. The van der Waals surface area contributed by atoms with E-state index in [0.29, 0.717) is 6.04 Å². The molecule has 2 rings (SSSR count). The molecule has 0 aromatic rings. The third kappa shape index (κ3) is 6.95. The van der Waals surface area contributed by atoms with Crippen LogP contribution >= 0.6 is 0 Å². The smallest absolute Gasteiger partial charge is 0.0479 e. The van der Waals surface area contributed by atoms with Crippen molar-refractivity contribution in [3.8, 4) is 0 Å². The molecule has 1 heterocycles. The van der Waals surface area contributed by atoms with Crippen LogP contribution in [0.5, 0.6) is 0 Å². The zero-order chi connectivity index (χ0) is 13.1. The van der Waals surface area contributed by atoms with Gasteiger partial charge in [0.05, 0.1) is 0 Å². The van der Waals surface area contributed by atoms with Gasteiger partial charge in [-0.15, -0.1) is 0 Å². The molecule has 1 aliphatic heterocycles. The molecule has 98 valence electrons. The van der Waals surface area contributed by atoms with Gasteiger partial charge in [-0.3, -0.25) is 0 Å². The minimum absolute atomic E-state index is 0.438. The van der Waals surface area contributed by atoms with E-state index >= 15 is 0 Å². The first-order valence-electron chi connectivity index (χ1n) is 6.87. The number of hydrogen-bond acceptors (Lipinski definition) is 1. The number of dihydropyridines is 1. The minimum atomic E-state index is 0.438. The van der Waals surface area contributed by atoms with Gasteiger partial charge in [-0.25, -0.2) is 0 Å². The average molecular weight is 243 g/mol.